The number of aromatic hydroxyl groups is 1. The predicted octanol–water partition coefficient (Wildman–Crippen LogP) is 4.87. The molecule has 9 nitrogen and oxygen atoms in total. The summed E-state index contributed by atoms with van der Waals surface area (Å²) in [6, 6.07) is 6.07. The number of rotatable bonds is 5. The van der Waals surface area contributed by atoms with Crippen LogP contribution in [0.1, 0.15) is 71.4 Å². The SMILES string of the molecule is Cc1c(C(=O)OC(C)C)cc2c(-c3cn[nH]c3)ccn2c1C(C)c1cc(O)c2c3c1C[C@@H]1[C@@H]4C=C[C@H](O)[C@H](O2)[C@]34CCN1C. The maximum atomic E-state index is 13.5. The van der Waals surface area contributed by atoms with Crippen LogP contribution in [0, 0.1) is 12.8 Å². The molecule has 3 N–H and O–H groups in total. The number of benzene rings is 1. The quantitative estimate of drug-likeness (QED) is 0.223. The molecule has 1 unspecified atom stereocenters. The number of esters is 1. The lowest BCUT2D eigenvalue weighted by Gasteiger charge is -2.56. The van der Waals surface area contributed by atoms with Crippen LogP contribution in [0.5, 0.6) is 11.5 Å². The van der Waals surface area contributed by atoms with E-state index in [4.69, 9.17) is 9.47 Å². The topological polar surface area (TPSA) is 112 Å². The zero-order chi connectivity index (χ0) is 30.7. The molecule has 1 saturated heterocycles. The fourth-order valence-corrected chi connectivity index (χ4v) is 8.92. The number of nitrogens with zero attached hydrogens (tertiary/aromatic N) is 3. The van der Waals surface area contributed by atoms with Crippen LogP contribution in [-0.4, -0.2) is 73.6 Å². The number of carbonyl (C=O) groups is 1. The van der Waals surface area contributed by atoms with E-state index in [0.29, 0.717) is 11.3 Å². The first-order valence-corrected chi connectivity index (χ1v) is 15.6. The molecule has 2 aliphatic heterocycles. The largest absolute Gasteiger partial charge is 0.504 e. The van der Waals surface area contributed by atoms with Crippen molar-refractivity contribution in [2.75, 3.05) is 13.6 Å². The number of hydrogen-bond donors (Lipinski definition) is 3. The van der Waals surface area contributed by atoms with Crippen LogP contribution < -0.4 is 4.74 Å². The fraction of sp³-hybridized carbons (Fsp3) is 0.429. The van der Waals surface area contributed by atoms with Gasteiger partial charge in [-0.05, 0) is 82.1 Å². The number of likely N-dealkylation sites (tertiary alicyclic amines) is 1. The number of aliphatic hydroxyl groups excluding tert-OH is 1. The standard InChI is InChI=1S/C35H38N4O5/c1-17(2)43-34(42)23-12-26-21(20-15-36-37-16-20)8-10-39(26)31(19(23)4)18(3)22-14-29(41)32-30-24(22)13-27-25-6-7-28(40)33(44-32)35(25,30)9-11-38(27)5/h6-8,10,12,14-18,25,27-28,33,40-41H,9,11,13H2,1-5H3,(H,36,37)/t18?,25-,27+,28-,33-,35-/m0/s1. The Morgan fingerprint density at radius 3 is 2.82 bits per heavy atom. The summed E-state index contributed by atoms with van der Waals surface area (Å²) < 4.78 is 14.4. The Morgan fingerprint density at radius 1 is 1.25 bits per heavy atom. The van der Waals surface area contributed by atoms with Crippen LogP contribution in [0.4, 0.5) is 0 Å². The minimum Gasteiger partial charge on any atom is -0.504 e. The Bertz CT molecular complexity index is 1860. The van der Waals surface area contributed by atoms with Gasteiger partial charge in [-0.1, -0.05) is 19.1 Å². The second-order valence-electron chi connectivity index (χ2n) is 13.4. The van der Waals surface area contributed by atoms with Crippen LogP contribution in [0.15, 0.2) is 48.9 Å². The van der Waals surface area contributed by atoms with Gasteiger partial charge >= 0.3 is 5.97 Å². The number of aromatic nitrogens is 3. The number of pyridine rings is 1. The van der Waals surface area contributed by atoms with Crippen LogP contribution in [0.25, 0.3) is 16.6 Å². The fourth-order valence-electron chi connectivity index (χ4n) is 8.92. The smallest absolute Gasteiger partial charge is 0.338 e. The van der Waals surface area contributed by atoms with Crippen LogP contribution in [-0.2, 0) is 16.6 Å². The number of H-pyrrole nitrogens is 1. The first kappa shape index (κ1) is 27.5. The number of likely N-dealkylation sites (N-methyl/N-ethyl adjacent to an activating group) is 1. The molecular formula is C35H38N4O5. The van der Waals surface area contributed by atoms with Crippen molar-refractivity contribution in [3.63, 3.8) is 0 Å². The lowest BCUT2D eigenvalue weighted by Crippen LogP contribution is -2.64. The van der Waals surface area contributed by atoms with Gasteiger partial charge in [0.15, 0.2) is 11.5 Å². The summed E-state index contributed by atoms with van der Waals surface area (Å²) in [5, 5.41) is 29.7. The molecule has 1 fully saturated rings. The molecule has 0 amide bonds. The second-order valence-corrected chi connectivity index (χ2v) is 13.4. The first-order valence-electron chi connectivity index (χ1n) is 15.6. The first-order chi connectivity index (χ1) is 21.1. The van der Waals surface area contributed by atoms with Crippen LogP contribution in [0.3, 0.4) is 0 Å². The van der Waals surface area contributed by atoms with Gasteiger partial charge in [0.25, 0.3) is 0 Å². The highest BCUT2D eigenvalue weighted by Crippen LogP contribution is 2.63. The van der Waals surface area contributed by atoms with E-state index in [1.807, 2.05) is 51.4 Å². The third kappa shape index (κ3) is 3.54. The number of hydrogen-bond acceptors (Lipinski definition) is 7. The van der Waals surface area contributed by atoms with Gasteiger partial charge < -0.3 is 29.0 Å². The van der Waals surface area contributed by atoms with Gasteiger partial charge in [0.05, 0.1) is 23.4 Å². The maximum Gasteiger partial charge on any atom is 0.338 e. The van der Waals surface area contributed by atoms with E-state index in [1.54, 1.807) is 6.20 Å². The summed E-state index contributed by atoms with van der Waals surface area (Å²) in [4.78, 5) is 15.9. The third-order valence-corrected chi connectivity index (χ3v) is 10.8. The van der Waals surface area contributed by atoms with Gasteiger partial charge in [-0.3, -0.25) is 5.10 Å². The molecule has 9 heteroatoms. The van der Waals surface area contributed by atoms with Gasteiger partial charge in [-0.2, -0.15) is 5.10 Å². The molecule has 2 aliphatic carbocycles. The van der Waals surface area contributed by atoms with Crippen molar-refractivity contribution in [3.8, 4) is 22.6 Å². The van der Waals surface area contributed by atoms with E-state index in [9.17, 15) is 15.0 Å². The highest BCUT2D eigenvalue weighted by atomic mass is 16.5. The normalized spacial score (nSPS) is 27.4. The van der Waals surface area contributed by atoms with Gasteiger partial charge in [-0.15, -0.1) is 0 Å². The summed E-state index contributed by atoms with van der Waals surface area (Å²) in [7, 11) is 2.19. The number of phenols is 1. The Morgan fingerprint density at radius 2 is 2.07 bits per heavy atom. The zero-order valence-corrected chi connectivity index (χ0v) is 25.7. The number of aliphatic hydroxyl groups is 1. The Hall–Kier alpha value is -4.08. The summed E-state index contributed by atoms with van der Waals surface area (Å²) in [5.41, 5.74) is 7.97. The molecule has 5 heterocycles. The molecule has 228 valence electrons. The highest BCUT2D eigenvalue weighted by Gasteiger charge is 2.64. The second kappa shape index (κ2) is 9.46. The molecule has 4 aromatic rings. The summed E-state index contributed by atoms with van der Waals surface area (Å²) in [6.45, 7) is 8.75. The molecule has 2 bridgehead atoms. The van der Waals surface area contributed by atoms with Gasteiger partial charge in [0.1, 0.15) is 12.2 Å². The predicted molar refractivity (Wildman–Crippen MR) is 165 cm³/mol. The number of ether oxygens (including phenoxy) is 2. The minimum absolute atomic E-state index is 0.105. The van der Waals surface area contributed by atoms with Gasteiger partial charge in [-0.25, -0.2) is 4.79 Å². The maximum absolute atomic E-state index is 13.5. The van der Waals surface area contributed by atoms with E-state index < -0.39 is 17.6 Å². The third-order valence-electron chi connectivity index (χ3n) is 10.8. The molecule has 1 spiro atoms. The van der Waals surface area contributed by atoms with Crippen LogP contribution >= 0.6 is 0 Å². The minimum atomic E-state index is -0.735. The Labute approximate surface area is 256 Å². The number of aromatic amines is 1. The van der Waals surface area contributed by atoms with Gasteiger partial charge in [0, 0.05) is 58.1 Å². The molecule has 44 heavy (non-hydrogen) atoms. The van der Waals surface area contributed by atoms with Gasteiger partial charge in [0.2, 0.25) is 0 Å². The van der Waals surface area contributed by atoms with E-state index in [1.165, 1.54) is 5.56 Å². The van der Waals surface area contributed by atoms with Crippen molar-refractivity contribution in [2.24, 2.45) is 5.92 Å². The number of nitrogens with one attached hydrogen (secondary N) is 1. The zero-order valence-electron chi connectivity index (χ0n) is 25.7. The van der Waals surface area contributed by atoms with Crippen molar-refractivity contribution in [1.82, 2.24) is 19.5 Å². The van der Waals surface area contributed by atoms with E-state index in [0.717, 1.165) is 58.4 Å². The number of piperidine rings is 1. The molecule has 1 aromatic carbocycles. The van der Waals surface area contributed by atoms with Crippen molar-refractivity contribution in [2.45, 2.75) is 76.2 Å². The Balaban J connectivity index is 1.37. The van der Waals surface area contributed by atoms with Crippen molar-refractivity contribution in [1.29, 1.82) is 0 Å². The summed E-state index contributed by atoms with van der Waals surface area (Å²) in [5.74, 6) is 0.271. The number of phenolic OH excluding ortho intramolecular Hbond substituents is 1. The van der Waals surface area contributed by atoms with Crippen LogP contribution in [0.2, 0.25) is 0 Å². The lowest BCUT2D eigenvalue weighted by molar-refractivity contribution is -0.0454. The molecule has 3 aromatic heterocycles. The molecule has 4 aliphatic rings. The monoisotopic (exact) mass is 594 g/mol. The average molecular weight is 595 g/mol. The Kier molecular flexibility index (Phi) is 5.90. The molecule has 0 radical (unpaired) electrons. The average Bonchev–Trinajstić information content (AvgIpc) is 3.73. The summed E-state index contributed by atoms with van der Waals surface area (Å²) >= 11 is 0. The number of carbonyl (C=O) groups excluding carboxylic acids is 1. The van der Waals surface area contributed by atoms with E-state index in [-0.39, 0.29) is 35.7 Å². The number of fused-ring (bicyclic) bond motifs is 1. The molecule has 6 atom stereocenters. The molecular weight excluding hydrogens is 556 g/mol. The lowest BCUT2D eigenvalue weighted by atomic mass is 9.52. The van der Waals surface area contributed by atoms with E-state index >= 15 is 0 Å². The molecule has 0 saturated carbocycles. The van der Waals surface area contributed by atoms with Crippen molar-refractivity contribution < 1.29 is 24.5 Å². The molecule has 8 rings (SSSR count). The van der Waals surface area contributed by atoms with Crippen molar-refractivity contribution >= 4 is 11.5 Å². The highest BCUT2D eigenvalue weighted by molar-refractivity contribution is 5.95. The van der Waals surface area contributed by atoms with E-state index in [2.05, 4.69) is 45.6 Å². The summed E-state index contributed by atoms with van der Waals surface area (Å²) in [6.07, 6.45) is 9.98. The van der Waals surface area contributed by atoms with Crippen molar-refractivity contribution in [3.05, 3.63) is 82.5 Å².